The molecule has 0 aliphatic carbocycles. The summed E-state index contributed by atoms with van der Waals surface area (Å²) < 4.78 is 36.4. The van der Waals surface area contributed by atoms with Gasteiger partial charge in [-0.3, -0.25) is 0 Å². The van der Waals surface area contributed by atoms with E-state index in [0.717, 1.165) is 10.9 Å². The molecule has 0 saturated heterocycles. The minimum atomic E-state index is -4.68. The van der Waals surface area contributed by atoms with Crippen molar-refractivity contribution in [3.8, 4) is 0 Å². The molecule has 1 heterocycles. The normalized spacial score (nSPS) is 14.4. The predicted octanol–water partition coefficient (Wildman–Crippen LogP) is -0.306. The highest BCUT2D eigenvalue weighted by Gasteiger charge is 2.38. The maximum Gasteiger partial charge on any atom is 0.416 e. The standard InChI is InChI=1S/C6H8F3N3O2/c7-6(8,9)5(14)2-12-1-4(3-13)10-11-12/h1,5,13-14H,2-3H2. The van der Waals surface area contributed by atoms with Gasteiger partial charge in [-0.2, -0.15) is 13.2 Å². The molecule has 0 bridgehead atoms. The van der Waals surface area contributed by atoms with Crippen LogP contribution in [0.2, 0.25) is 0 Å². The smallest absolute Gasteiger partial charge is 0.390 e. The molecule has 1 rings (SSSR count). The van der Waals surface area contributed by atoms with Crippen molar-refractivity contribution in [1.29, 1.82) is 0 Å². The van der Waals surface area contributed by atoms with Crippen LogP contribution < -0.4 is 0 Å². The predicted molar refractivity (Wildman–Crippen MR) is 38.0 cm³/mol. The Bertz CT molecular complexity index is 299. The van der Waals surface area contributed by atoms with Crippen molar-refractivity contribution < 1.29 is 23.4 Å². The molecule has 0 radical (unpaired) electrons. The highest BCUT2D eigenvalue weighted by molar-refractivity contribution is 4.89. The summed E-state index contributed by atoms with van der Waals surface area (Å²) in [5.41, 5.74) is 0.152. The van der Waals surface area contributed by atoms with Crippen LogP contribution in [-0.4, -0.2) is 37.5 Å². The van der Waals surface area contributed by atoms with E-state index in [2.05, 4.69) is 10.3 Å². The number of nitrogens with zero attached hydrogens (tertiary/aromatic N) is 3. The lowest BCUT2D eigenvalue weighted by atomic mass is 10.3. The van der Waals surface area contributed by atoms with E-state index in [1.54, 1.807) is 0 Å². The zero-order valence-corrected chi connectivity index (χ0v) is 6.94. The molecular formula is C6H8F3N3O2. The molecular weight excluding hydrogens is 203 g/mol. The number of aliphatic hydroxyl groups excluding tert-OH is 2. The third kappa shape index (κ3) is 2.67. The Hall–Kier alpha value is -1.15. The molecule has 1 aromatic heterocycles. The maximum atomic E-state index is 11.9. The number of hydrogen-bond acceptors (Lipinski definition) is 4. The highest BCUT2D eigenvalue weighted by Crippen LogP contribution is 2.20. The van der Waals surface area contributed by atoms with Gasteiger partial charge in [-0.05, 0) is 0 Å². The fourth-order valence-electron chi connectivity index (χ4n) is 0.781. The van der Waals surface area contributed by atoms with E-state index in [0.29, 0.717) is 0 Å². The summed E-state index contributed by atoms with van der Waals surface area (Å²) in [7, 11) is 0. The Labute approximate surface area is 76.8 Å². The highest BCUT2D eigenvalue weighted by atomic mass is 19.4. The Balaban J connectivity index is 2.60. The van der Waals surface area contributed by atoms with Crippen LogP contribution in [0.25, 0.3) is 0 Å². The lowest BCUT2D eigenvalue weighted by Gasteiger charge is -2.13. The van der Waals surface area contributed by atoms with Crippen LogP contribution in [0.4, 0.5) is 13.2 Å². The van der Waals surface area contributed by atoms with Crippen LogP contribution in [0.3, 0.4) is 0 Å². The Morgan fingerprint density at radius 1 is 1.50 bits per heavy atom. The fourth-order valence-corrected chi connectivity index (χ4v) is 0.781. The van der Waals surface area contributed by atoms with E-state index < -0.39 is 25.4 Å². The molecule has 0 aliphatic heterocycles. The first-order valence-electron chi connectivity index (χ1n) is 3.68. The summed E-state index contributed by atoms with van der Waals surface area (Å²) in [5.74, 6) is 0. The molecule has 1 atom stereocenters. The van der Waals surface area contributed by atoms with Gasteiger partial charge in [-0.25, -0.2) is 4.68 Å². The fraction of sp³-hybridized carbons (Fsp3) is 0.667. The lowest BCUT2D eigenvalue weighted by Crippen LogP contribution is -2.32. The van der Waals surface area contributed by atoms with E-state index in [1.807, 2.05) is 0 Å². The molecule has 0 saturated carbocycles. The topological polar surface area (TPSA) is 71.2 Å². The van der Waals surface area contributed by atoms with Crippen LogP contribution in [0.15, 0.2) is 6.20 Å². The van der Waals surface area contributed by atoms with Gasteiger partial charge in [0, 0.05) is 0 Å². The van der Waals surface area contributed by atoms with Gasteiger partial charge in [-0.1, -0.05) is 5.21 Å². The Morgan fingerprint density at radius 3 is 2.57 bits per heavy atom. The second kappa shape index (κ2) is 3.93. The zero-order chi connectivity index (χ0) is 10.8. The minimum absolute atomic E-state index is 0.152. The second-order valence-electron chi connectivity index (χ2n) is 2.65. The average molecular weight is 211 g/mol. The van der Waals surface area contributed by atoms with Crippen LogP contribution in [0.1, 0.15) is 5.69 Å². The van der Waals surface area contributed by atoms with E-state index in [-0.39, 0.29) is 5.69 Å². The SMILES string of the molecule is OCc1cn(CC(O)C(F)(F)F)nn1. The number of aliphatic hydroxyl groups is 2. The van der Waals surface area contributed by atoms with Crippen molar-refractivity contribution in [1.82, 2.24) is 15.0 Å². The van der Waals surface area contributed by atoms with Gasteiger partial charge in [0.1, 0.15) is 5.69 Å². The molecule has 0 aromatic carbocycles. The van der Waals surface area contributed by atoms with Crippen molar-refractivity contribution in [2.75, 3.05) is 0 Å². The minimum Gasteiger partial charge on any atom is -0.390 e. The first kappa shape index (κ1) is 10.9. The van der Waals surface area contributed by atoms with E-state index >= 15 is 0 Å². The molecule has 0 aliphatic rings. The van der Waals surface area contributed by atoms with Crippen molar-refractivity contribution in [3.05, 3.63) is 11.9 Å². The Kier molecular flexibility index (Phi) is 3.06. The van der Waals surface area contributed by atoms with E-state index in [4.69, 9.17) is 10.2 Å². The zero-order valence-electron chi connectivity index (χ0n) is 6.94. The van der Waals surface area contributed by atoms with E-state index in [1.165, 1.54) is 0 Å². The second-order valence-corrected chi connectivity index (χ2v) is 2.65. The average Bonchev–Trinajstić information content (AvgIpc) is 2.50. The molecule has 1 unspecified atom stereocenters. The first-order chi connectivity index (χ1) is 6.43. The summed E-state index contributed by atoms with van der Waals surface area (Å²) in [6.45, 7) is -1.13. The van der Waals surface area contributed by atoms with Crippen molar-refractivity contribution in [2.24, 2.45) is 0 Å². The summed E-state index contributed by atoms with van der Waals surface area (Å²) in [5, 5.41) is 23.8. The lowest BCUT2D eigenvalue weighted by molar-refractivity contribution is -0.208. The molecule has 8 heteroatoms. The summed E-state index contributed by atoms with van der Waals surface area (Å²) in [6.07, 6.45) is -6.02. The third-order valence-electron chi connectivity index (χ3n) is 1.49. The van der Waals surface area contributed by atoms with Crippen LogP contribution >= 0.6 is 0 Å². The molecule has 2 N–H and O–H groups in total. The third-order valence-corrected chi connectivity index (χ3v) is 1.49. The number of halogens is 3. The van der Waals surface area contributed by atoms with Gasteiger partial charge < -0.3 is 10.2 Å². The number of aromatic nitrogens is 3. The van der Waals surface area contributed by atoms with Gasteiger partial charge in [0.05, 0.1) is 19.3 Å². The van der Waals surface area contributed by atoms with Crippen molar-refractivity contribution >= 4 is 0 Å². The quantitative estimate of drug-likeness (QED) is 0.719. The number of hydrogen-bond donors (Lipinski definition) is 2. The largest absolute Gasteiger partial charge is 0.416 e. The maximum absolute atomic E-state index is 11.9. The van der Waals surface area contributed by atoms with Gasteiger partial charge in [-0.15, -0.1) is 5.10 Å². The molecule has 0 spiro atoms. The summed E-state index contributed by atoms with van der Waals surface area (Å²) in [6, 6.07) is 0. The van der Waals surface area contributed by atoms with Crippen molar-refractivity contribution in [2.45, 2.75) is 25.4 Å². The number of rotatable bonds is 3. The van der Waals surface area contributed by atoms with Crippen LogP contribution in [-0.2, 0) is 13.2 Å². The van der Waals surface area contributed by atoms with Crippen LogP contribution in [0, 0.1) is 0 Å². The molecule has 0 fully saturated rings. The molecule has 0 amide bonds. The first-order valence-corrected chi connectivity index (χ1v) is 3.68. The molecule has 14 heavy (non-hydrogen) atoms. The number of alkyl halides is 3. The molecule has 80 valence electrons. The summed E-state index contributed by atoms with van der Waals surface area (Å²) in [4.78, 5) is 0. The van der Waals surface area contributed by atoms with Gasteiger partial charge in [0.25, 0.3) is 0 Å². The molecule has 5 nitrogen and oxygen atoms in total. The van der Waals surface area contributed by atoms with E-state index in [9.17, 15) is 13.2 Å². The van der Waals surface area contributed by atoms with Gasteiger partial charge in [0.2, 0.25) is 0 Å². The van der Waals surface area contributed by atoms with Crippen molar-refractivity contribution in [3.63, 3.8) is 0 Å². The summed E-state index contributed by atoms with van der Waals surface area (Å²) >= 11 is 0. The monoisotopic (exact) mass is 211 g/mol. The van der Waals surface area contributed by atoms with Gasteiger partial charge >= 0.3 is 6.18 Å². The Morgan fingerprint density at radius 2 is 2.14 bits per heavy atom. The molecule has 1 aromatic rings. The van der Waals surface area contributed by atoms with Gasteiger partial charge in [0.15, 0.2) is 6.10 Å². The van der Waals surface area contributed by atoms with Crippen LogP contribution in [0.5, 0.6) is 0 Å².